The summed E-state index contributed by atoms with van der Waals surface area (Å²) < 4.78 is 15.4. The Kier molecular flexibility index (Phi) is 13.6. The predicted octanol–water partition coefficient (Wildman–Crippen LogP) is 1.19. The van der Waals surface area contributed by atoms with Crippen molar-refractivity contribution in [2.75, 3.05) is 20.3 Å². The monoisotopic (exact) mass is 445 g/mol. The van der Waals surface area contributed by atoms with Crippen LogP contribution in [-0.2, 0) is 23.8 Å². The molecule has 0 saturated carbocycles. The minimum absolute atomic E-state index is 0.0865. The van der Waals surface area contributed by atoms with Crippen LogP contribution in [0, 0.1) is 0 Å². The molecule has 180 valence electrons. The lowest BCUT2D eigenvalue weighted by atomic mass is 9.99. The zero-order valence-electron chi connectivity index (χ0n) is 18.8. The molecule has 0 aromatic carbocycles. The second-order valence-electron chi connectivity index (χ2n) is 8.05. The first-order valence-corrected chi connectivity index (χ1v) is 11.1. The summed E-state index contributed by atoms with van der Waals surface area (Å²) in [5.41, 5.74) is 0.530. The maximum absolute atomic E-state index is 11.9. The lowest BCUT2D eigenvalue weighted by Gasteiger charge is -2.39. The lowest BCUT2D eigenvalue weighted by Crippen LogP contribution is -2.59. The number of hydrogen-bond donors (Lipinski definition) is 4. The standard InChI is InChI=1S/C22H39NO8/c1-15(2)21(28)23-13-11-9-7-5-4-6-8-10-12-17(24)30-14-16-18(25)19(26)20(27)22(29-3)31-16/h16,18-20,22,25-27H,1,4-14H2,2-3H3,(H,23,28)/t16-,18-,19+,20-,22+/m1/s1. The number of carbonyl (C=O) groups excluding carboxylic acids is 2. The lowest BCUT2D eigenvalue weighted by molar-refractivity contribution is -0.295. The number of hydrogen-bond acceptors (Lipinski definition) is 8. The Morgan fingerprint density at radius 1 is 0.935 bits per heavy atom. The molecule has 1 heterocycles. The summed E-state index contributed by atoms with van der Waals surface area (Å²) >= 11 is 0. The van der Waals surface area contributed by atoms with Crippen LogP contribution in [0.2, 0.25) is 0 Å². The molecule has 0 spiro atoms. The maximum atomic E-state index is 11.9. The number of aliphatic hydroxyl groups excluding tert-OH is 3. The van der Waals surface area contributed by atoms with Crippen LogP contribution in [0.5, 0.6) is 0 Å². The van der Waals surface area contributed by atoms with E-state index in [1.54, 1.807) is 6.92 Å². The zero-order valence-corrected chi connectivity index (χ0v) is 18.8. The highest BCUT2D eigenvalue weighted by atomic mass is 16.7. The fraction of sp³-hybridized carbons (Fsp3) is 0.818. The smallest absolute Gasteiger partial charge is 0.305 e. The molecule has 9 nitrogen and oxygen atoms in total. The Hall–Kier alpha value is -1.52. The third kappa shape index (κ3) is 10.6. The molecule has 1 amide bonds. The van der Waals surface area contributed by atoms with Crippen LogP contribution in [0.4, 0.5) is 0 Å². The summed E-state index contributed by atoms with van der Waals surface area (Å²) in [5.74, 6) is -0.473. The van der Waals surface area contributed by atoms with Crippen molar-refractivity contribution >= 4 is 11.9 Å². The van der Waals surface area contributed by atoms with E-state index in [0.717, 1.165) is 51.4 Å². The summed E-state index contributed by atoms with van der Waals surface area (Å²) in [6.07, 6.45) is 2.18. The molecular formula is C22H39NO8. The number of unbranched alkanes of at least 4 members (excludes halogenated alkanes) is 7. The number of methoxy groups -OCH3 is 1. The summed E-state index contributed by atoms with van der Waals surface area (Å²) in [6.45, 7) is 5.76. The molecule has 1 fully saturated rings. The molecule has 0 aliphatic carbocycles. The highest BCUT2D eigenvalue weighted by Gasteiger charge is 2.44. The molecule has 0 aromatic rings. The van der Waals surface area contributed by atoms with E-state index in [1.165, 1.54) is 7.11 Å². The van der Waals surface area contributed by atoms with Gasteiger partial charge in [0.05, 0.1) is 0 Å². The van der Waals surface area contributed by atoms with Crippen LogP contribution in [-0.4, -0.2) is 78.2 Å². The summed E-state index contributed by atoms with van der Waals surface area (Å²) in [6, 6.07) is 0. The van der Waals surface area contributed by atoms with Crippen molar-refractivity contribution < 1.29 is 39.1 Å². The number of carbonyl (C=O) groups is 2. The Balaban J connectivity index is 2.00. The third-order valence-corrected chi connectivity index (χ3v) is 5.29. The van der Waals surface area contributed by atoms with Gasteiger partial charge in [-0.2, -0.15) is 0 Å². The van der Waals surface area contributed by atoms with Crippen LogP contribution < -0.4 is 5.32 Å². The van der Waals surface area contributed by atoms with Crippen molar-refractivity contribution in [3.8, 4) is 0 Å². The van der Waals surface area contributed by atoms with Crippen molar-refractivity contribution in [2.45, 2.75) is 95.4 Å². The van der Waals surface area contributed by atoms with Gasteiger partial charge in [-0.3, -0.25) is 9.59 Å². The van der Waals surface area contributed by atoms with Crippen molar-refractivity contribution in [1.29, 1.82) is 0 Å². The highest BCUT2D eigenvalue weighted by Crippen LogP contribution is 2.22. The molecule has 4 N–H and O–H groups in total. The van der Waals surface area contributed by atoms with Gasteiger partial charge < -0.3 is 34.8 Å². The predicted molar refractivity (Wildman–Crippen MR) is 114 cm³/mol. The van der Waals surface area contributed by atoms with Gasteiger partial charge in [0, 0.05) is 25.6 Å². The first kappa shape index (κ1) is 27.5. The average molecular weight is 446 g/mol. The minimum Gasteiger partial charge on any atom is -0.463 e. The number of ether oxygens (including phenoxy) is 3. The van der Waals surface area contributed by atoms with Gasteiger partial charge in [-0.25, -0.2) is 0 Å². The van der Waals surface area contributed by atoms with Crippen LogP contribution in [0.15, 0.2) is 12.2 Å². The molecule has 0 aromatic heterocycles. The molecule has 1 aliphatic heterocycles. The zero-order chi connectivity index (χ0) is 23.2. The van der Waals surface area contributed by atoms with Gasteiger partial charge in [0.25, 0.3) is 0 Å². The van der Waals surface area contributed by atoms with E-state index in [4.69, 9.17) is 14.2 Å². The second-order valence-corrected chi connectivity index (χ2v) is 8.05. The summed E-state index contributed by atoms with van der Waals surface area (Å²) in [5, 5.41) is 32.3. The van der Waals surface area contributed by atoms with E-state index in [2.05, 4.69) is 11.9 Å². The maximum Gasteiger partial charge on any atom is 0.305 e. The van der Waals surface area contributed by atoms with Crippen LogP contribution in [0.1, 0.15) is 64.7 Å². The van der Waals surface area contributed by atoms with Gasteiger partial charge in [0.15, 0.2) is 6.29 Å². The molecule has 0 bridgehead atoms. The Morgan fingerprint density at radius 2 is 1.52 bits per heavy atom. The quantitative estimate of drug-likeness (QED) is 0.168. The van der Waals surface area contributed by atoms with Crippen molar-refractivity contribution in [2.24, 2.45) is 0 Å². The van der Waals surface area contributed by atoms with Gasteiger partial charge in [-0.1, -0.05) is 45.1 Å². The number of amides is 1. The number of esters is 1. The molecule has 1 rings (SSSR count). The molecular weight excluding hydrogens is 406 g/mol. The fourth-order valence-electron chi connectivity index (χ4n) is 3.30. The Bertz CT molecular complexity index is 554. The Morgan fingerprint density at radius 3 is 2.10 bits per heavy atom. The minimum atomic E-state index is -1.43. The molecule has 0 unspecified atom stereocenters. The number of rotatable bonds is 15. The molecule has 1 aliphatic rings. The van der Waals surface area contributed by atoms with Crippen molar-refractivity contribution in [1.82, 2.24) is 5.32 Å². The van der Waals surface area contributed by atoms with Gasteiger partial charge in [-0.15, -0.1) is 0 Å². The van der Waals surface area contributed by atoms with Crippen LogP contribution in [0.3, 0.4) is 0 Å². The van der Waals surface area contributed by atoms with E-state index in [1.807, 2.05) is 0 Å². The highest BCUT2D eigenvalue weighted by molar-refractivity contribution is 5.91. The van der Waals surface area contributed by atoms with Gasteiger partial charge in [-0.05, 0) is 19.8 Å². The van der Waals surface area contributed by atoms with Crippen LogP contribution >= 0.6 is 0 Å². The van der Waals surface area contributed by atoms with Gasteiger partial charge in [0.2, 0.25) is 5.91 Å². The fourth-order valence-corrected chi connectivity index (χ4v) is 3.30. The average Bonchev–Trinajstić information content (AvgIpc) is 2.75. The molecule has 1 saturated heterocycles. The first-order chi connectivity index (χ1) is 14.8. The topological polar surface area (TPSA) is 135 Å². The summed E-state index contributed by atoms with van der Waals surface area (Å²) in [7, 11) is 1.31. The number of nitrogens with one attached hydrogen (secondary N) is 1. The molecule has 5 atom stereocenters. The van der Waals surface area contributed by atoms with E-state index >= 15 is 0 Å². The van der Waals surface area contributed by atoms with Gasteiger partial charge >= 0.3 is 5.97 Å². The van der Waals surface area contributed by atoms with Crippen LogP contribution in [0.25, 0.3) is 0 Å². The molecule has 0 radical (unpaired) electrons. The summed E-state index contributed by atoms with van der Waals surface area (Å²) in [4.78, 5) is 23.2. The number of aliphatic hydroxyl groups is 3. The normalized spacial score (nSPS) is 25.8. The van der Waals surface area contributed by atoms with Gasteiger partial charge in [0.1, 0.15) is 31.0 Å². The second kappa shape index (κ2) is 15.3. The van der Waals surface area contributed by atoms with E-state index in [0.29, 0.717) is 12.1 Å². The first-order valence-electron chi connectivity index (χ1n) is 11.1. The van der Waals surface area contributed by atoms with Crippen molar-refractivity contribution in [3.05, 3.63) is 12.2 Å². The SMILES string of the molecule is C=C(C)C(=O)NCCCCCCCCCCC(=O)OC[C@H]1O[C@H](OC)[C@H](O)[C@@H](O)[C@@H]1O. The third-order valence-electron chi connectivity index (χ3n) is 5.29. The van der Waals surface area contributed by atoms with E-state index < -0.39 is 30.7 Å². The largest absolute Gasteiger partial charge is 0.463 e. The molecule has 9 heteroatoms. The molecule has 31 heavy (non-hydrogen) atoms. The van der Waals surface area contributed by atoms with E-state index in [9.17, 15) is 24.9 Å². The van der Waals surface area contributed by atoms with Crippen molar-refractivity contribution in [3.63, 3.8) is 0 Å². The van der Waals surface area contributed by atoms with E-state index in [-0.39, 0.29) is 24.9 Å². The Labute approximate surface area is 184 Å².